The summed E-state index contributed by atoms with van der Waals surface area (Å²) < 4.78 is 33.0. The van der Waals surface area contributed by atoms with Crippen LogP contribution < -0.4 is 5.73 Å². The van der Waals surface area contributed by atoms with Crippen LogP contribution in [-0.2, 0) is 27.9 Å². The molecule has 2 unspecified atom stereocenters. The molecule has 0 aromatic carbocycles. The molecule has 0 saturated carbocycles. The minimum atomic E-state index is -4.25. The van der Waals surface area contributed by atoms with Crippen molar-refractivity contribution in [2.24, 2.45) is 5.73 Å². The van der Waals surface area contributed by atoms with Gasteiger partial charge in [0.1, 0.15) is 6.10 Å². The van der Waals surface area contributed by atoms with Gasteiger partial charge < -0.3 is 20.1 Å². The normalized spacial score (nSPS) is 14.1. The molecule has 0 aromatic heterocycles. The number of unbranched alkanes of at least 4 members (excludes halogenated alkanes) is 15. The summed E-state index contributed by atoms with van der Waals surface area (Å²) in [5.41, 5.74) is 5.31. The molecule has 0 fully saturated rings. The summed E-state index contributed by atoms with van der Waals surface area (Å²) in [6.07, 6.45) is 25.1. The molecule has 232 valence electrons. The van der Waals surface area contributed by atoms with Crippen LogP contribution in [0.25, 0.3) is 0 Å². The minimum absolute atomic E-state index is 0.0949. The number of allylic oxidation sites excluding steroid dienone is 2. The van der Waals surface area contributed by atoms with E-state index in [1.807, 2.05) is 0 Å². The lowest BCUT2D eigenvalue weighted by Gasteiger charge is -2.20. The SMILES string of the molecule is CCCCCC/C=C\CCCCCCCC(=O)OC(COCCCCCCCCC)COP(=O)(O)OCCN. The van der Waals surface area contributed by atoms with Crippen molar-refractivity contribution in [1.29, 1.82) is 0 Å². The van der Waals surface area contributed by atoms with Gasteiger partial charge in [0.2, 0.25) is 0 Å². The predicted octanol–water partition coefficient (Wildman–Crippen LogP) is 8.02. The van der Waals surface area contributed by atoms with Crippen molar-refractivity contribution in [3.05, 3.63) is 12.2 Å². The lowest BCUT2D eigenvalue weighted by molar-refractivity contribution is -0.154. The summed E-state index contributed by atoms with van der Waals surface area (Å²) >= 11 is 0. The zero-order valence-corrected chi connectivity index (χ0v) is 26.0. The van der Waals surface area contributed by atoms with Crippen LogP contribution in [0.1, 0.15) is 136 Å². The fraction of sp³-hybridized carbons (Fsp3) is 0.900. The molecule has 8 nitrogen and oxygen atoms in total. The zero-order valence-electron chi connectivity index (χ0n) is 25.1. The van der Waals surface area contributed by atoms with Gasteiger partial charge in [-0.1, -0.05) is 103 Å². The Morgan fingerprint density at radius 2 is 1.28 bits per heavy atom. The maximum absolute atomic E-state index is 12.4. The molecular weight excluding hydrogens is 517 g/mol. The van der Waals surface area contributed by atoms with E-state index in [1.54, 1.807) is 0 Å². The Morgan fingerprint density at radius 3 is 1.90 bits per heavy atom. The second-order valence-corrected chi connectivity index (χ2v) is 11.8. The minimum Gasteiger partial charge on any atom is -0.457 e. The van der Waals surface area contributed by atoms with Crippen LogP contribution in [0.2, 0.25) is 0 Å². The molecule has 0 spiro atoms. The third-order valence-electron chi connectivity index (χ3n) is 6.43. The van der Waals surface area contributed by atoms with Crippen molar-refractivity contribution in [2.45, 2.75) is 142 Å². The molecule has 0 aliphatic carbocycles. The first-order valence-electron chi connectivity index (χ1n) is 15.7. The molecule has 0 rings (SSSR count). The van der Waals surface area contributed by atoms with Gasteiger partial charge in [-0.2, -0.15) is 0 Å². The monoisotopic (exact) mass is 577 g/mol. The van der Waals surface area contributed by atoms with Crippen LogP contribution in [0, 0.1) is 0 Å². The Hall–Kier alpha value is -0.760. The average molecular weight is 578 g/mol. The van der Waals surface area contributed by atoms with E-state index in [0.717, 1.165) is 44.9 Å². The quantitative estimate of drug-likeness (QED) is 0.0381. The van der Waals surface area contributed by atoms with E-state index in [-0.39, 0.29) is 32.3 Å². The molecule has 0 radical (unpaired) electrons. The van der Waals surface area contributed by atoms with E-state index in [0.29, 0.717) is 13.0 Å². The second kappa shape index (κ2) is 28.8. The van der Waals surface area contributed by atoms with E-state index < -0.39 is 13.9 Å². The van der Waals surface area contributed by atoms with Gasteiger partial charge in [0, 0.05) is 19.6 Å². The van der Waals surface area contributed by atoms with Crippen LogP contribution in [0.3, 0.4) is 0 Å². The van der Waals surface area contributed by atoms with Crippen molar-refractivity contribution in [1.82, 2.24) is 0 Å². The molecule has 0 aromatic rings. The maximum Gasteiger partial charge on any atom is 0.472 e. The number of carbonyl (C=O) groups excluding carboxylic acids is 1. The van der Waals surface area contributed by atoms with Crippen LogP contribution in [0.4, 0.5) is 0 Å². The summed E-state index contributed by atoms with van der Waals surface area (Å²) in [5.74, 6) is -0.343. The molecule has 0 heterocycles. The van der Waals surface area contributed by atoms with Gasteiger partial charge in [-0.25, -0.2) is 4.57 Å². The number of ether oxygens (including phenoxy) is 2. The highest BCUT2D eigenvalue weighted by molar-refractivity contribution is 7.47. The van der Waals surface area contributed by atoms with Crippen LogP contribution >= 0.6 is 7.82 Å². The molecule has 0 amide bonds. The number of esters is 1. The van der Waals surface area contributed by atoms with Gasteiger partial charge in [-0.15, -0.1) is 0 Å². The van der Waals surface area contributed by atoms with Gasteiger partial charge in [0.25, 0.3) is 0 Å². The molecule has 0 bridgehead atoms. The van der Waals surface area contributed by atoms with E-state index in [1.165, 1.54) is 70.6 Å². The number of phosphoric ester groups is 1. The summed E-state index contributed by atoms with van der Waals surface area (Å²) in [6.45, 7) is 4.84. The smallest absolute Gasteiger partial charge is 0.457 e. The summed E-state index contributed by atoms with van der Waals surface area (Å²) in [5, 5.41) is 0. The summed E-state index contributed by atoms with van der Waals surface area (Å²) in [6, 6.07) is 0. The number of nitrogens with two attached hydrogens (primary N) is 1. The summed E-state index contributed by atoms with van der Waals surface area (Å²) in [4.78, 5) is 22.2. The third kappa shape index (κ3) is 28.6. The van der Waals surface area contributed by atoms with Gasteiger partial charge in [0.05, 0.1) is 19.8 Å². The molecule has 9 heteroatoms. The highest BCUT2D eigenvalue weighted by Crippen LogP contribution is 2.43. The van der Waals surface area contributed by atoms with E-state index >= 15 is 0 Å². The molecule has 3 N–H and O–H groups in total. The second-order valence-electron chi connectivity index (χ2n) is 10.3. The van der Waals surface area contributed by atoms with Crippen molar-refractivity contribution >= 4 is 13.8 Å². The van der Waals surface area contributed by atoms with Crippen molar-refractivity contribution in [3.63, 3.8) is 0 Å². The first kappa shape index (κ1) is 38.2. The van der Waals surface area contributed by atoms with Crippen molar-refractivity contribution in [3.8, 4) is 0 Å². The topological polar surface area (TPSA) is 117 Å². The highest BCUT2D eigenvalue weighted by Gasteiger charge is 2.25. The Balaban J connectivity index is 4.15. The fourth-order valence-electron chi connectivity index (χ4n) is 4.11. The number of carbonyl (C=O) groups is 1. The molecule has 2 atom stereocenters. The lowest BCUT2D eigenvalue weighted by Crippen LogP contribution is -2.28. The van der Waals surface area contributed by atoms with Crippen LogP contribution in [-0.4, -0.2) is 49.9 Å². The Labute approximate surface area is 239 Å². The number of hydrogen-bond donors (Lipinski definition) is 2. The van der Waals surface area contributed by atoms with E-state index in [2.05, 4.69) is 26.0 Å². The number of rotatable bonds is 30. The standard InChI is InChI=1S/C30H60NO7P/c1-3-5-7-9-11-12-13-14-15-16-17-19-21-23-30(32)38-29(28-37-39(33,34)36-26-24-31)27-35-25-22-20-18-10-8-6-4-2/h12-13,29H,3-11,14-28,31H2,1-2H3,(H,33,34)/b13-12-. The Bertz CT molecular complexity index is 618. The van der Waals surface area contributed by atoms with Crippen molar-refractivity contribution in [2.75, 3.05) is 33.0 Å². The largest absolute Gasteiger partial charge is 0.472 e. The maximum atomic E-state index is 12.4. The molecular formula is C30H60NO7P. The number of phosphoric acid groups is 1. The molecule has 0 aliphatic heterocycles. The average Bonchev–Trinajstić information content (AvgIpc) is 2.92. The van der Waals surface area contributed by atoms with Crippen LogP contribution in [0.5, 0.6) is 0 Å². The van der Waals surface area contributed by atoms with Gasteiger partial charge in [0.15, 0.2) is 0 Å². The summed E-state index contributed by atoms with van der Waals surface area (Å²) in [7, 11) is -4.25. The molecule has 39 heavy (non-hydrogen) atoms. The lowest BCUT2D eigenvalue weighted by atomic mass is 10.1. The number of hydrogen-bond acceptors (Lipinski definition) is 7. The van der Waals surface area contributed by atoms with E-state index in [4.69, 9.17) is 24.3 Å². The van der Waals surface area contributed by atoms with Gasteiger partial charge >= 0.3 is 13.8 Å². The fourth-order valence-corrected chi connectivity index (χ4v) is 4.87. The highest BCUT2D eigenvalue weighted by atomic mass is 31.2. The first-order chi connectivity index (χ1) is 18.9. The van der Waals surface area contributed by atoms with Gasteiger partial charge in [-0.05, 0) is 38.5 Å². The van der Waals surface area contributed by atoms with Gasteiger partial charge in [-0.3, -0.25) is 13.8 Å². The Kier molecular flexibility index (Phi) is 28.2. The molecule has 0 aliphatic rings. The first-order valence-corrected chi connectivity index (χ1v) is 17.2. The molecule has 0 saturated heterocycles. The van der Waals surface area contributed by atoms with E-state index in [9.17, 15) is 14.3 Å². The third-order valence-corrected chi connectivity index (χ3v) is 7.42. The van der Waals surface area contributed by atoms with Crippen molar-refractivity contribution < 1.29 is 32.8 Å². The predicted molar refractivity (Wildman–Crippen MR) is 160 cm³/mol. The zero-order chi connectivity index (χ0) is 28.9. The van der Waals surface area contributed by atoms with Crippen LogP contribution in [0.15, 0.2) is 12.2 Å². The Morgan fingerprint density at radius 1 is 0.744 bits per heavy atom.